The van der Waals surface area contributed by atoms with Gasteiger partial charge in [-0.3, -0.25) is 4.98 Å². The molecule has 0 spiro atoms. The highest BCUT2D eigenvalue weighted by molar-refractivity contribution is 5.89. The van der Waals surface area contributed by atoms with Gasteiger partial charge in [-0.1, -0.05) is 90.4 Å². The molecule has 0 atom stereocenters. The molecule has 0 radical (unpaired) electrons. The molecule has 0 unspecified atom stereocenters. The fourth-order valence-corrected chi connectivity index (χ4v) is 3.60. The fourth-order valence-electron chi connectivity index (χ4n) is 3.60. The Kier molecular flexibility index (Phi) is 12.6. The number of aromatic nitrogens is 3. The number of nitrogens with zero attached hydrogens (tertiary/aromatic N) is 2. The van der Waals surface area contributed by atoms with Gasteiger partial charge in [-0.15, -0.1) is 0 Å². The van der Waals surface area contributed by atoms with Crippen LogP contribution in [0.4, 0.5) is 0 Å². The molecule has 0 aliphatic heterocycles. The zero-order chi connectivity index (χ0) is 21.3. The number of imidazole rings is 1. The molecule has 2 rings (SSSR count). The average Bonchev–Trinajstić information content (AvgIpc) is 3.31. The van der Waals surface area contributed by atoms with Gasteiger partial charge in [-0.25, -0.2) is 9.78 Å². The van der Waals surface area contributed by atoms with Crippen LogP contribution in [0.5, 0.6) is 0 Å². The van der Waals surface area contributed by atoms with Crippen molar-refractivity contribution < 1.29 is 9.53 Å². The number of carbonyl (C=O) groups is 1. The number of ether oxygens (including phenoxy) is 1. The number of pyridine rings is 1. The summed E-state index contributed by atoms with van der Waals surface area (Å²) in [5.41, 5.74) is 1.19. The first kappa shape index (κ1) is 24.1. The van der Waals surface area contributed by atoms with E-state index < -0.39 is 0 Å². The first-order chi connectivity index (χ1) is 14.8. The first-order valence-electron chi connectivity index (χ1n) is 11.9. The lowest BCUT2D eigenvalue weighted by molar-refractivity contribution is 0.0497. The molecule has 0 aliphatic carbocycles. The molecule has 2 aromatic heterocycles. The molecule has 5 heteroatoms. The maximum Gasteiger partial charge on any atom is 0.339 e. The standard InChI is InChI=1S/C25H39N3O2/c1-2-3-4-5-6-7-8-9-10-11-12-13-14-15-20-30-25(29)22-16-17-23(28-21-22)24-26-18-19-27-24/h16-19,21H,2-15,20H2,1H3,(H,26,27). The smallest absolute Gasteiger partial charge is 0.339 e. The molecular weight excluding hydrogens is 374 g/mol. The maximum atomic E-state index is 12.1. The molecule has 0 aliphatic rings. The van der Waals surface area contributed by atoms with Gasteiger partial charge in [0.15, 0.2) is 5.82 Å². The van der Waals surface area contributed by atoms with Crippen molar-refractivity contribution in [3.63, 3.8) is 0 Å². The number of carbonyl (C=O) groups excluding carboxylic acids is 1. The van der Waals surface area contributed by atoms with Gasteiger partial charge in [0.05, 0.1) is 12.2 Å². The molecule has 0 saturated heterocycles. The van der Waals surface area contributed by atoms with Crippen molar-refractivity contribution in [2.75, 3.05) is 6.61 Å². The zero-order valence-corrected chi connectivity index (χ0v) is 18.7. The van der Waals surface area contributed by atoms with Crippen LogP contribution in [0.3, 0.4) is 0 Å². The second-order valence-corrected chi connectivity index (χ2v) is 8.10. The van der Waals surface area contributed by atoms with Crippen LogP contribution >= 0.6 is 0 Å². The van der Waals surface area contributed by atoms with Crippen LogP contribution in [0.2, 0.25) is 0 Å². The summed E-state index contributed by atoms with van der Waals surface area (Å²) in [5.74, 6) is 0.389. The molecule has 166 valence electrons. The van der Waals surface area contributed by atoms with Gasteiger partial charge in [0.2, 0.25) is 0 Å². The minimum absolute atomic E-state index is 0.303. The van der Waals surface area contributed by atoms with Crippen molar-refractivity contribution in [3.05, 3.63) is 36.3 Å². The minimum Gasteiger partial charge on any atom is -0.462 e. The van der Waals surface area contributed by atoms with E-state index in [1.54, 1.807) is 30.7 Å². The van der Waals surface area contributed by atoms with Crippen LogP contribution in [0.25, 0.3) is 11.5 Å². The highest BCUT2D eigenvalue weighted by atomic mass is 16.5. The Balaban J connectivity index is 1.40. The van der Waals surface area contributed by atoms with Crippen molar-refractivity contribution in [1.29, 1.82) is 0 Å². The zero-order valence-electron chi connectivity index (χ0n) is 18.7. The number of nitrogens with one attached hydrogen (secondary N) is 1. The lowest BCUT2D eigenvalue weighted by Crippen LogP contribution is -2.07. The Morgan fingerprint density at radius 3 is 1.93 bits per heavy atom. The monoisotopic (exact) mass is 413 g/mol. The fraction of sp³-hybridized carbons (Fsp3) is 0.640. The number of unbranched alkanes of at least 4 members (excludes halogenated alkanes) is 13. The van der Waals surface area contributed by atoms with Gasteiger partial charge in [0.1, 0.15) is 5.69 Å². The van der Waals surface area contributed by atoms with Crippen LogP contribution in [-0.2, 0) is 4.74 Å². The third-order valence-corrected chi connectivity index (χ3v) is 5.47. The predicted molar refractivity (Wildman–Crippen MR) is 122 cm³/mol. The Hall–Kier alpha value is -2.17. The van der Waals surface area contributed by atoms with Crippen LogP contribution in [0.1, 0.15) is 107 Å². The first-order valence-corrected chi connectivity index (χ1v) is 11.9. The molecule has 2 heterocycles. The third-order valence-electron chi connectivity index (χ3n) is 5.47. The number of rotatable bonds is 17. The summed E-state index contributed by atoms with van der Waals surface area (Å²) in [4.78, 5) is 23.5. The van der Waals surface area contributed by atoms with Gasteiger partial charge in [-0.2, -0.15) is 0 Å². The van der Waals surface area contributed by atoms with Crippen LogP contribution in [0.15, 0.2) is 30.7 Å². The lowest BCUT2D eigenvalue weighted by atomic mass is 10.0. The SMILES string of the molecule is CCCCCCCCCCCCCCCCOC(=O)c1ccc(-c2ncc[nH]2)nc1. The molecule has 0 aromatic carbocycles. The predicted octanol–water partition coefficient (Wildman–Crippen LogP) is 7.11. The van der Waals surface area contributed by atoms with Crippen molar-refractivity contribution in [2.45, 2.75) is 96.8 Å². The summed E-state index contributed by atoms with van der Waals surface area (Å²) in [7, 11) is 0. The van der Waals surface area contributed by atoms with E-state index in [0.717, 1.165) is 12.8 Å². The summed E-state index contributed by atoms with van der Waals surface area (Å²) in [6, 6.07) is 3.51. The average molecular weight is 414 g/mol. The van der Waals surface area contributed by atoms with Crippen molar-refractivity contribution in [3.8, 4) is 11.5 Å². The highest BCUT2D eigenvalue weighted by Crippen LogP contribution is 2.14. The largest absolute Gasteiger partial charge is 0.462 e. The third kappa shape index (κ3) is 10.0. The number of H-pyrrole nitrogens is 1. The van der Waals surface area contributed by atoms with Crippen molar-refractivity contribution in [1.82, 2.24) is 15.0 Å². The molecule has 0 saturated carbocycles. The van der Waals surface area contributed by atoms with E-state index in [4.69, 9.17) is 4.74 Å². The van der Waals surface area contributed by atoms with E-state index >= 15 is 0 Å². The van der Waals surface area contributed by atoms with Gasteiger partial charge < -0.3 is 9.72 Å². The number of hydrogen-bond donors (Lipinski definition) is 1. The van der Waals surface area contributed by atoms with Gasteiger partial charge in [-0.05, 0) is 18.6 Å². The van der Waals surface area contributed by atoms with Gasteiger partial charge in [0, 0.05) is 18.6 Å². The van der Waals surface area contributed by atoms with E-state index in [9.17, 15) is 4.79 Å². The minimum atomic E-state index is -0.303. The number of esters is 1. The molecular formula is C25H39N3O2. The number of hydrogen-bond acceptors (Lipinski definition) is 4. The van der Waals surface area contributed by atoms with E-state index in [1.807, 2.05) is 0 Å². The highest BCUT2D eigenvalue weighted by Gasteiger charge is 2.09. The maximum absolute atomic E-state index is 12.1. The molecule has 5 nitrogen and oxygen atoms in total. The Labute approximate surface area is 182 Å². The van der Waals surface area contributed by atoms with E-state index in [0.29, 0.717) is 23.7 Å². The Morgan fingerprint density at radius 1 is 0.833 bits per heavy atom. The molecule has 2 aromatic rings. The summed E-state index contributed by atoms with van der Waals surface area (Å²) in [5, 5.41) is 0. The molecule has 0 amide bonds. The molecule has 0 fully saturated rings. The van der Waals surface area contributed by atoms with Gasteiger partial charge in [0.25, 0.3) is 0 Å². The van der Waals surface area contributed by atoms with Crippen LogP contribution in [0, 0.1) is 0 Å². The number of aromatic amines is 1. The molecule has 30 heavy (non-hydrogen) atoms. The van der Waals surface area contributed by atoms with Gasteiger partial charge >= 0.3 is 5.97 Å². The molecule has 0 bridgehead atoms. The normalized spacial score (nSPS) is 11.0. The summed E-state index contributed by atoms with van der Waals surface area (Å²) >= 11 is 0. The quantitative estimate of drug-likeness (QED) is 0.222. The van der Waals surface area contributed by atoms with Crippen LogP contribution in [-0.4, -0.2) is 27.5 Å². The summed E-state index contributed by atoms with van der Waals surface area (Å²) in [6.45, 7) is 2.75. The second kappa shape index (κ2) is 15.6. The lowest BCUT2D eigenvalue weighted by Gasteiger charge is -2.05. The second-order valence-electron chi connectivity index (χ2n) is 8.10. The molecule has 1 N–H and O–H groups in total. The summed E-state index contributed by atoms with van der Waals surface area (Å²) in [6.07, 6.45) is 23.4. The van der Waals surface area contributed by atoms with E-state index in [1.165, 1.54) is 77.0 Å². The van der Waals surface area contributed by atoms with Crippen LogP contribution < -0.4 is 0 Å². The van der Waals surface area contributed by atoms with E-state index in [-0.39, 0.29) is 5.97 Å². The topological polar surface area (TPSA) is 67.9 Å². The van der Waals surface area contributed by atoms with E-state index in [2.05, 4.69) is 21.9 Å². The van der Waals surface area contributed by atoms with Crippen molar-refractivity contribution >= 4 is 5.97 Å². The summed E-state index contributed by atoms with van der Waals surface area (Å²) < 4.78 is 5.36. The Morgan fingerprint density at radius 2 is 1.43 bits per heavy atom. The Bertz CT molecular complexity index is 668. The van der Waals surface area contributed by atoms with Crippen molar-refractivity contribution in [2.24, 2.45) is 0 Å².